The standard InChI is InChI=1S/C23H38F3NO/c1-8-20(21(28)23(24,25)26)22(4,5)14-13-16(2)15-17(3)18-9-11-19(12-10-18)27(6)7/h9,11,16-17,20H,8,10,12-15H2,1-7H3. The van der Waals surface area contributed by atoms with Gasteiger partial charge in [0.2, 0.25) is 5.78 Å². The molecule has 0 spiro atoms. The van der Waals surface area contributed by atoms with Crippen LogP contribution in [0, 0.1) is 23.2 Å². The normalized spacial score (nSPS) is 18.8. The Bertz CT molecular complexity index is 587. The molecular weight excluding hydrogens is 363 g/mol. The van der Waals surface area contributed by atoms with Crippen LogP contribution in [0.3, 0.4) is 0 Å². The lowest BCUT2D eigenvalue weighted by atomic mass is 9.70. The van der Waals surface area contributed by atoms with E-state index in [0.717, 1.165) is 25.7 Å². The molecule has 2 nitrogen and oxygen atoms in total. The molecule has 0 aromatic heterocycles. The van der Waals surface area contributed by atoms with Crippen LogP contribution in [-0.4, -0.2) is 31.0 Å². The van der Waals surface area contributed by atoms with Gasteiger partial charge < -0.3 is 4.90 Å². The van der Waals surface area contributed by atoms with Crippen molar-refractivity contribution in [2.75, 3.05) is 14.1 Å². The summed E-state index contributed by atoms with van der Waals surface area (Å²) >= 11 is 0. The Hall–Kier alpha value is -1.26. The molecule has 3 unspecified atom stereocenters. The predicted molar refractivity (Wildman–Crippen MR) is 110 cm³/mol. The van der Waals surface area contributed by atoms with Crippen molar-refractivity contribution in [1.82, 2.24) is 4.90 Å². The van der Waals surface area contributed by atoms with Crippen molar-refractivity contribution in [3.8, 4) is 0 Å². The maximum atomic E-state index is 12.9. The van der Waals surface area contributed by atoms with Crippen molar-refractivity contribution >= 4 is 5.78 Å². The zero-order valence-corrected chi connectivity index (χ0v) is 18.6. The maximum absolute atomic E-state index is 12.9. The topological polar surface area (TPSA) is 20.3 Å². The van der Waals surface area contributed by atoms with Gasteiger partial charge in [0.05, 0.1) is 0 Å². The zero-order chi connectivity index (χ0) is 21.7. The highest BCUT2D eigenvalue weighted by atomic mass is 19.4. The minimum Gasteiger partial charge on any atom is -0.381 e. The van der Waals surface area contributed by atoms with Crippen LogP contribution in [0.5, 0.6) is 0 Å². The van der Waals surface area contributed by atoms with E-state index < -0.39 is 23.3 Å². The summed E-state index contributed by atoms with van der Waals surface area (Å²) in [7, 11) is 4.12. The van der Waals surface area contributed by atoms with Crippen LogP contribution in [-0.2, 0) is 4.79 Å². The zero-order valence-electron chi connectivity index (χ0n) is 18.6. The molecule has 0 fully saturated rings. The number of nitrogens with zero attached hydrogens (tertiary/aromatic N) is 1. The van der Waals surface area contributed by atoms with Gasteiger partial charge in [-0.3, -0.25) is 4.79 Å². The van der Waals surface area contributed by atoms with Gasteiger partial charge in [-0.1, -0.05) is 52.7 Å². The summed E-state index contributed by atoms with van der Waals surface area (Å²) in [5.41, 5.74) is 2.15. The monoisotopic (exact) mass is 401 g/mol. The van der Waals surface area contributed by atoms with E-state index >= 15 is 0 Å². The van der Waals surface area contributed by atoms with Crippen LogP contribution in [0.2, 0.25) is 0 Å². The first-order valence-electron chi connectivity index (χ1n) is 10.5. The van der Waals surface area contributed by atoms with E-state index in [0.29, 0.717) is 18.3 Å². The van der Waals surface area contributed by atoms with Gasteiger partial charge in [0.25, 0.3) is 0 Å². The fourth-order valence-corrected chi connectivity index (χ4v) is 4.38. The summed E-state index contributed by atoms with van der Waals surface area (Å²) in [6, 6.07) is 0. The molecule has 162 valence electrons. The lowest BCUT2D eigenvalue weighted by Crippen LogP contribution is -2.39. The average molecular weight is 402 g/mol. The van der Waals surface area contributed by atoms with Gasteiger partial charge in [0, 0.05) is 25.7 Å². The number of Topliss-reactive ketones (excluding diaryl/α,β-unsaturated/α-hetero) is 1. The molecule has 1 aliphatic carbocycles. The first kappa shape index (κ1) is 24.8. The van der Waals surface area contributed by atoms with Crippen LogP contribution in [0.4, 0.5) is 13.2 Å². The predicted octanol–water partition coefficient (Wildman–Crippen LogP) is 6.78. The van der Waals surface area contributed by atoms with Crippen molar-refractivity contribution in [3.63, 3.8) is 0 Å². The Morgan fingerprint density at radius 2 is 1.75 bits per heavy atom. The van der Waals surface area contributed by atoms with Crippen molar-refractivity contribution in [2.24, 2.45) is 23.2 Å². The summed E-state index contributed by atoms with van der Waals surface area (Å²) < 4.78 is 38.7. The molecule has 28 heavy (non-hydrogen) atoms. The molecule has 0 radical (unpaired) electrons. The number of halogens is 3. The molecule has 0 aromatic rings. The Kier molecular flexibility index (Phi) is 8.83. The molecule has 1 rings (SSSR count). The van der Waals surface area contributed by atoms with Gasteiger partial charge in [-0.15, -0.1) is 0 Å². The van der Waals surface area contributed by atoms with Crippen LogP contribution in [0.25, 0.3) is 0 Å². The second-order valence-corrected chi connectivity index (χ2v) is 9.39. The molecule has 1 aliphatic rings. The van der Waals surface area contributed by atoms with E-state index in [2.05, 4.69) is 45.0 Å². The van der Waals surface area contributed by atoms with Crippen molar-refractivity contribution < 1.29 is 18.0 Å². The van der Waals surface area contributed by atoms with Crippen LogP contribution < -0.4 is 0 Å². The lowest BCUT2D eigenvalue weighted by molar-refractivity contribution is -0.179. The van der Waals surface area contributed by atoms with Crippen molar-refractivity contribution in [3.05, 3.63) is 23.4 Å². The van der Waals surface area contributed by atoms with Crippen LogP contribution in [0.15, 0.2) is 23.4 Å². The summed E-state index contributed by atoms with van der Waals surface area (Å²) in [5, 5.41) is 0. The number of alkyl halides is 3. The van der Waals surface area contributed by atoms with Crippen molar-refractivity contribution in [1.29, 1.82) is 0 Å². The van der Waals surface area contributed by atoms with Gasteiger partial charge in [-0.05, 0) is 55.4 Å². The molecule has 0 amide bonds. The molecule has 0 aromatic carbocycles. The average Bonchev–Trinajstić information content (AvgIpc) is 2.59. The number of carbonyl (C=O) groups excluding carboxylic acids is 1. The maximum Gasteiger partial charge on any atom is 0.450 e. The molecule has 5 heteroatoms. The molecule has 0 heterocycles. The third-order valence-corrected chi connectivity index (χ3v) is 6.35. The number of rotatable bonds is 10. The SMILES string of the molecule is CCC(C(=O)C(F)(F)F)C(C)(C)CCC(C)CC(C)C1=CC=C(N(C)C)CC1. The first-order valence-corrected chi connectivity index (χ1v) is 10.5. The fourth-order valence-electron chi connectivity index (χ4n) is 4.38. The Morgan fingerprint density at radius 1 is 1.14 bits per heavy atom. The summed E-state index contributed by atoms with van der Waals surface area (Å²) in [6.45, 7) is 9.69. The molecular formula is C23H38F3NO. The third-order valence-electron chi connectivity index (χ3n) is 6.35. The highest BCUT2D eigenvalue weighted by molar-refractivity contribution is 5.86. The number of hydrogen-bond donors (Lipinski definition) is 0. The first-order chi connectivity index (χ1) is 12.8. The largest absolute Gasteiger partial charge is 0.450 e. The van der Waals surface area contributed by atoms with E-state index in [1.165, 1.54) is 11.3 Å². The van der Waals surface area contributed by atoms with E-state index in [4.69, 9.17) is 0 Å². The van der Waals surface area contributed by atoms with Crippen molar-refractivity contribution in [2.45, 2.75) is 79.3 Å². The van der Waals surface area contributed by atoms with Gasteiger partial charge in [-0.25, -0.2) is 0 Å². The van der Waals surface area contributed by atoms with Crippen LogP contribution in [0.1, 0.15) is 73.1 Å². The highest BCUT2D eigenvalue weighted by Gasteiger charge is 2.47. The van der Waals surface area contributed by atoms with Crippen LogP contribution >= 0.6 is 0 Å². The number of ketones is 1. The molecule has 0 saturated heterocycles. The fraction of sp³-hybridized carbons (Fsp3) is 0.783. The van der Waals surface area contributed by atoms with Gasteiger partial charge >= 0.3 is 6.18 Å². The highest BCUT2D eigenvalue weighted by Crippen LogP contribution is 2.40. The second-order valence-electron chi connectivity index (χ2n) is 9.39. The number of allylic oxidation sites excluding steroid dienone is 4. The second kappa shape index (κ2) is 9.98. The number of carbonyl (C=O) groups is 1. The molecule has 0 N–H and O–H groups in total. The Morgan fingerprint density at radius 3 is 2.18 bits per heavy atom. The summed E-state index contributed by atoms with van der Waals surface area (Å²) in [6.07, 6.45) is 4.53. The lowest BCUT2D eigenvalue weighted by Gasteiger charge is -2.34. The number of hydrogen-bond acceptors (Lipinski definition) is 2. The third kappa shape index (κ3) is 6.97. The van der Waals surface area contributed by atoms with Gasteiger partial charge in [0.1, 0.15) is 0 Å². The molecule has 0 saturated carbocycles. The summed E-state index contributed by atoms with van der Waals surface area (Å²) in [4.78, 5) is 14.0. The quantitative estimate of drug-likeness (QED) is 0.402. The van der Waals surface area contributed by atoms with Gasteiger partial charge in [-0.2, -0.15) is 13.2 Å². The van der Waals surface area contributed by atoms with E-state index in [1.54, 1.807) is 20.8 Å². The molecule has 0 bridgehead atoms. The minimum absolute atomic E-state index is 0.226. The Labute approximate surface area is 169 Å². The van der Waals surface area contributed by atoms with E-state index in [-0.39, 0.29) is 6.42 Å². The molecule has 3 atom stereocenters. The smallest absolute Gasteiger partial charge is 0.381 e. The summed E-state index contributed by atoms with van der Waals surface area (Å²) in [5.74, 6) is -1.66. The van der Waals surface area contributed by atoms with E-state index in [1.807, 2.05) is 0 Å². The molecule has 0 aliphatic heterocycles. The Balaban J connectivity index is 2.63. The van der Waals surface area contributed by atoms with Gasteiger partial charge in [0.15, 0.2) is 0 Å². The minimum atomic E-state index is -4.75. The van der Waals surface area contributed by atoms with E-state index in [9.17, 15) is 18.0 Å².